The standard InChI is InChI=1S/C14H12N4O2S/c1-8-12(7-15)18-14(16-8)21-13(17-18)9-4-10(19-2)6-11(5-9)20-3/h4-6H,1-3H3. The van der Waals surface area contributed by atoms with E-state index in [1.54, 1.807) is 31.7 Å². The second-order valence-electron chi connectivity index (χ2n) is 4.36. The fraction of sp³-hybridized carbons (Fsp3) is 0.214. The summed E-state index contributed by atoms with van der Waals surface area (Å²) in [6.07, 6.45) is 0. The van der Waals surface area contributed by atoms with Crippen LogP contribution < -0.4 is 9.47 Å². The smallest absolute Gasteiger partial charge is 0.213 e. The summed E-state index contributed by atoms with van der Waals surface area (Å²) < 4.78 is 12.1. The summed E-state index contributed by atoms with van der Waals surface area (Å²) in [7, 11) is 3.20. The predicted octanol–water partition coefficient (Wildman–Crippen LogP) is 2.66. The second kappa shape index (κ2) is 5.07. The highest BCUT2D eigenvalue weighted by Crippen LogP contribution is 2.32. The van der Waals surface area contributed by atoms with Crippen LogP contribution in [0.5, 0.6) is 11.5 Å². The molecule has 0 fully saturated rings. The van der Waals surface area contributed by atoms with Crippen molar-refractivity contribution in [3.05, 3.63) is 29.6 Å². The molecule has 0 bridgehead atoms. The maximum absolute atomic E-state index is 9.16. The minimum atomic E-state index is 0.461. The number of nitriles is 1. The fourth-order valence-corrected chi connectivity index (χ4v) is 2.96. The van der Waals surface area contributed by atoms with Crippen LogP contribution in [0.1, 0.15) is 11.4 Å². The van der Waals surface area contributed by atoms with Crippen molar-refractivity contribution in [2.24, 2.45) is 0 Å². The highest BCUT2D eigenvalue weighted by atomic mass is 32.1. The van der Waals surface area contributed by atoms with Gasteiger partial charge in [0.2, 0.25) is 4.96 Å². The SMILES string of the molecule is COc1cc(OC)cc(-c2nn3c(C#N)c(C)nc3s2)c1. The van der Waals surface area contributed by atoms with E-state index in [-0.39, 0.29) is 0 Å². The molecule has 6 nitrogen and oxygen atoms in total. The largest absolute Gasteiger partial charge is 0.497 e. The lowest BCUT2D eigenvalue weighted by atomic mass is 10.2. The topological polar surface area (TPSA) is 72.4 Å². The van der Waals surface area contributed by atoms with Crippen molar-refractivity contribution in [3.8, 4) is 28.1 Å². The van der Waals surface area contributed by atoms with E-state index in [0.717, 1.165) is 10.6 Å². The van der Waals surface area contributed by atoms with Gasteiger partial charge in [0.05, 0.1) is 19.9 Å². The van der Waals surface area contributed by atoms with E-state index in [4.69, 9.17) is 14.7 Å². The van der Waals surface area contributed by atoms with Crippen LogP contribution in [0.25, 0.3) is 15.5 Å². The lowest BCUT2D eigenvalue weighted by Crippen LogP contribution is -1.92. The number of nitrogens with zero attached hydrogens (tertiary/aromatic N) is 4. The number of aryl methyl sites for hydroxylation is 1. The van der Waals surface area contributed by atoms with Crippen LogP contribution in [0.15, 0.2) is 18.2 Å². The monoisotopic (exact) mass is 300 g/mol. The first-order valence-electron chi connectivity index (χ1n) is 6.16. The van der Waals surface area contributed by atoms with Gasteiger partial charge in [-0.3, -0.25) is 0 Å². The third kappa shape index (κ3) is 2.19. The minimum Gasteiger partial charge on any atom is -0.497 e. The molecular weight excluding hydrogens is 288 g/mol. The van der Waals surface area contributed by atoms with Crippen molar-refractivity contribution in [1.29, 1.82) is 5.26 Å². The number of methoxy groups -OCH3 is 2. The number of hydrogen-bond donors (Lipinski definition) is 0. The molecule has 0 aliphatic rings. The van der Waals surface area contributed by atoms with E-state index in [0.29, 0.717) is 27.8 Å². The third-order valence-corrected chi connectivity index (χ3v) is 4.04. The Morgan fingerprint density at radius 2 is 1.86 bits per heavy atom. The number of imidazole rings is 1. The van der Waals surface area contributed by atoms with Gasteiger partial charge < -0.3 is 9.47 Å². The van der Waals surface area contributed by atoms with E-state index in [1.165, 1.54) is 11.3 Å². The Balaban J connectivity index is 2.16. The van der Waals surface area contributed by atoms with Crippen LogP contribution in [0, 0.1) is 18.3 Å². The molecule has 3 aromatic rings. The Morgan fingerprint density at radius 1 is 1.19 bits per heavy atom. The van der Waals surface area contributed by atoms with Crippen molar-refractivity contribution in [2.75, 3.05) is 14.2 Å². The van der Waals surface area contributed by atoms with Gasteiger partial charge in [0.15, 0.2) is 5.69 Å². The molecule has 0 N–H and O–H groups in total. The van der Waals surface area contributed by atoms with E-state index in [9.17, 15) is 0 Å². The van der Waals surface area contributed by atoms with Crippen LogP contribution >= 0.6 is 11.3 Å². The van der Waals surface area contributed by atoms with Gasteiger partial charge in [-0.2, -0.15) is 14.9 Å². The Labute approximate surface area is 125 Å². The molecule has 0 aliphatic heterocycles. The molecule has 3 rings (SSSR count). The number of benzene rings is 1. The summed E-state index contributed by atoms with van der Waals surface area (Å²) in [5.41, 5.74) is 2.01. The summed E-state index contributed by atoms with van der Waals surface area (Å²) in [6.45, 7) is 1.80. The molecule has 7 heteroatoms. The number of rotatable bonds is 3. The summed E-state index contributed by atoms with van der Waals surface area (Å²) in [5.74, 6) is 1.38. The third-order valence-electron chi connectivity index (χ3n) is 3.08. The maximum Gasteiger partial charge on any atom is 0.213 e. The summed E-state index contributed by atoms with van der Waals surface area (Å²) >= 11 is 1.42. The molecule has 0 radical (unpaired) electrons. The number of hydrogen-bond acceptors (Lipinski definition) is 6. The van der Waals surface area contributed by atoms with Gasteiger partial charge in [-0.1, -0.05) is 11.3 Å². The summed E-state index contributed by atoms with van der Waals surface area (Å²) in [6, 6.07) is 7.67. The predicted molar refractivity (Wildman–Crippen MR) is 78.9 cm³/mol. The minimum absolute atomic E-state index is 0.461. The van der Waals surface area contributed by atoms with Gasteiger partial charge >= 0.3 is 0 Å². The highest BCUT2D eigenvalue weighted by Gasteiger charge is 2.15. The van der Waals surface area contributed by atoms with Crippen molar-refractivity contribution < 1.29 is 9.47 Å². The van der Waals surface area contributed by atoms with E-state index < -0.39 is 0 Å². The number of fused-ring (bicyclic) bond motifs is 1. The molecule has 0 saturated carbocycles. The quantitative estimate of drug-likeness (QED) is 0.743. The lowest BCUT2D eigenvalue weighted by Gasteiger charge is -2.06. The average molecular weight is 300 g/mol. The fourth-order valence-electron chi connectivity index (χ4n) is 2.03. The van der Waals surface area contributed by atoms with Gasteiger partial charge in [0, 0.05) is 11.6 Å². The Kier molecular flexibility index (Phi) is 3.23. The molecule has 0 spiro atoms. The molecule has 2 aromatic heterocycles. The first-order valence-corrected chi connectivity index (χ1v) is 6.97. The lowest BCUT2D eigenvalue weighted by molar-refractivity contribution is 0.394. The molecule has 0 aliphatic carbocycles. The average Bonchev–Trinajstić information content (AvgIpc) is 3.03. The highest BCUT2D eigenvalue weighted by molar-refractivity contribution is 7.19. The van der Waals surface area contributed by atoms with Crippen molar-refractivity contribution >= 4 is 16.3 Å². The van der Waals surface area contributed by atoms with Gasteiger partial charge in [-0.15, -0.1) is 0 Å². The molecule has 0 amide bonds. The summed E-state index contributed by atoms with van der Waals surface area (Å²) in [5, 5.41) is 14.4. The Bertz CT molecular complexity index is 838. The zero-order valence-corrected chi connectivity index (χ0v) is 12.6. The Morgan fingerprint density at radius 3 is 2.43 bits per heavy atom. The maximum atomic E-state index is 9.16. The van der Waals surface area contributed by atoms with Crippen molar-refractivity contribution in [3.63, 3.8) is 0 Å². The molecule has 1 aromatic carbocycles. The first-order chi connectivity index (χ1) is 10.2. The van der Waals surface area contributed by atoms with Gasteiger partial charge in [0.25, 0.3) is 0 Å². The molecular formula is C14H12N4O2S. The zero-order valence-electron chi connectivity index (χ0n) is 11.7. The zero-order chi connectivity index (χ0) is 15.0. The van der Waals surface area contributed by atoms with E-state index in [2.05, 4.69) is 16.2 Å². The Hall–Kier alpha value is -2.59. The van der Waals surface area contributed by atoms with Crippen molar-refractivity contribution in [1.82, 2.24) is 14.6 Å². The second-order valence-corrected chi connectivity index (χ2v) is 5.32. The molecule has 21 heavy (non-hydrogen) atoms. The molecule has 2 heterocycles. The van der Waals surface area contributed by atoms with Crippen LogP contribution in [0.2, 0.25) is 0 Å². The molecule has 106 valence electrons. The summed E-state index contributed by atoms with van der Waals surface area (Å²) in [4.78, 5) is 5.04. The molecule has 0 saturated heterocycles. The first kappa shape index (κ1) is 13.4. The van der Waals surface area contributed by atoms with Crippen LogP contribution in [0.3, 0.4) is 0 Å². The van der Waals surface area contributed by atoms with E-state index in [1.807, 2.05) is 12.1 Å². The molecule has 0 unspecified atom stereocenters. The normalized spacial score (nSPS) is 10.6. The van der Waals surface area contributed by atoms with E-state index >= 15 is 0 Å². The van der Waals surface area contributed by atoms with Gasteiger partial charge in [0.1, 0.15) is 22.6 Å². The number of ether oxygens (including phenoxy) is 2. The van der Waals surface area contributed by atoms with Gasteiger partial charge in [-0.25, -0.2) is 4.98 Å². The van der Waals surface area contributed by atoms with Gasteiger partial charge in [-0.05, 0) is 19.1 Å². The number of aromatic nitrogens is 3. The van der Waals surface area contributed by atoms with Crippen LogP contribution in [-0.4, -0.2) is 28.8 Å². The molecule has 0 atom stereocenters. The van der Waals surface area contributed by atoms with Crippen LogP contribution in [0.4, 0.5) is 0 Å². The van der Waals surface area contributed by atoms with Crippen molar-refractivity contribution in [2.45, 2.75) is 6.92 Å². The van der Waals surface area contributed by atoms with Crippen LogP contribution in [-0.2, 0) is 0 Å².